The van der Waals surface area contributed by atoms with Gasteiger partial charge in [0.25, 0.3) is 0 Å². The van der Waals surface area contributed by atoms with Crippen molar-refractivity contribution in [1.29, 1.82) is 0 Å². The molecule has 1 saturated heterocycles. The lowest BCUT2D eigenvalue weighted by molar-refractivity contribution is -0.402. The van der Waals surface area contributed by atoms with Gasteiger partial charge in [-0.2, -0.15) is 13.2 Å². The standard InChI is InChI=1S/C14H17F3O5/c1-8(18)20-9-7-13(14(15,16)17)10(9)21-12(22-11(13)19)5-3-2-4-6-12/h9-10H,2-7H2,1H3/t9-,10-,13-/m1/s1. The van der Waals surface area contributed by atoms with Gasteiger partial charge in [0.05, 0.1) is 0 Å². The predicted molar refractivity (Wildman–Crippen MR) is 65.4 cm³/mol. The number of carbonyl (C=O) groups is 2. The molecular formula is C14H17F3O5. The van der Waals surface area contributed by atoms with Crippen molar-refractivity contribution in [2.75, 3.05) is 0 Å². The average Bonchev–Trinajstić information content (AvgIpc) is 2.38. The molecule has 1 spiro atoms. The summed E-state index contributed by atoms with van der Waals surface area (Å²) in [6.45, 7) is 1.12. The topological polar surface area (TPSA) is 61.8 Å². The molecule has 124 valence electrons. The monoisotopic (exact) mass is 322 g/mol. The Bertz CT molecular complexity index is 497. The van der Waals surface area contributed by atoms with Crippen molar-refractivity contribution in [3.8, 4) is 0 Å². The predicted octanol–water partition coefficient (Wildman–Crippen LogP) is 2.47. The third-order valence-electron chi connectivity index (χ3n) is 4.77. The van der Waals surface area contributed by atoms with Crippen molar-refractivity contribution in [2.45, 2.75) is 69.6 Å². The molecule has 22 heavy (non-hydrogen) atoms. The van der Waals surface area contributed by atoms with E-state index in [4.69, 9.17) is 14.2 Å². The van der Waals surface area contributed by atoms with Gasteiger partial charge in [-0.15, -0.1) is 0 Å². The molecule has 1 aliphatic heterocycles. The third-order valence-corrected chi connectivity index (χ3v) is 4.77. The summed E-state index contributed by atoms with van der Waals surface area (Å²) in [4.78, 5) is 23.2. The van der Waals surface area contributed by atoms with Gasteiger partial charge in [-0.05, 0) is 12.8 Å². The van der Waals surface area contributed by atoms with Crippen LogP contribution in [0.3, 0.4) is 0 Å². The molecule has 0 aromatic heterocycles. The number of esters is 2. The Morgan fingerprint density at radius 1 is 1.27 bits per heavy atom. The molecule has 0 bridgehead atoms. The van der Waals surface area contributed by atoms with E-state index in [1.54, 1.807) is 0 Å². The lowest BCUT2D eigenvalue weighted by Gasteiger charge is -2.58. The molecule has 0 N–H and O–H groups in total. The number of rotatable bonds is 1. The number of hydrogen-bond donors (Lipinski definition) is 0. The first kappa shape index (κ1) is 15.6. The van der Waals surface area contributed by atoms with Gasteiger partial charge in [0.2, 0.25) is 5.79 Å². The Hall–Kier alpha value is -1.31. The maximum Gasteiger partial charge on any atom is 0.407 e. The summed E-state index contributed by atoms with van der Waals surface area (Å²) in [6.07, 6.45) is -4.93. The van der Waals surface area contributed by atoms with Gasteiger partial charge < -0.3 is 14.2 Å². The highest BCUT2D eigenvalue weighted by molar-refractivity contribution is 5.82. The largest absolute Gasteiger partial charge is 0.460 e. The summed E-state index contributed by atoms with van der Waals surface area (Å²) in [6, 6.07) is 0. The maximum atomic E-state index is 13.4. The quantitative estimate of drug-likeness (QED) is 0.694. The molecule has 8 heteroatoms. The number of halogens is 3. The van der Waals surface area contributed by atoms with E-state index in [0.717, 1.165) is 26.2 Å². The van der Waals surface area contributed by atoms with Crippen LogP contribution in [0.4, 0.5) is 13.2 Å². The fraction of sp³-hybridized carbons (Fsp3) is 0.857. The number of carbonyl (C=O) groups excluding carboxylic acids is 2. The molecule has 0 unspecified atom stereocenters. The SMILES string of the molecule is CC(=O)O[C@@H]1C[C@]2(C(F)(F)F)C(=O)OC3(CCCCC3)O[C@H]12. The second-order valence-electron chi connectivity index (χ2n) is 6.22. The first-order valence-electron chi connectivity index (χ1n) is 7.35. The molecule has 3 atom stereocenters. The zero-order chi connectivity index (χ0) is 16.2. The van der Waals surface area contributed by atoms with Crippen LogP contribution in [-0.2, 0) is 23.8 Å². The highest BCUT2D eigenvalue weighted by Gasteiger charge is 2.79. The van der Waals surface area contributed by atoms with Crippen molar-refractivity contribution < 1.29 is 37.0 Å². The van der Waals surface area contributed by atoms with E-state index in [0.29, 0.717) is 12.8 Å². The summed E-state index contributed by atoms with van der Waals surface area (Å²) >= 11 is 0. The van der Waals surface area contributed by atoms with Crippen LogP contribution < -0.4 is 0 Å². The van der Waals surface area contributed by atoms with Gasteiger partial charge in [-0.3, -0.25) is 9.59 Å². The highest BCUT2D eigenvalue weighted by atomic mass is 19.4. The van der Waals surface area contributed by atoms with Gasteiger partial charge in [0.15, 0.2) is 5.41 Å². The molecule has 0 radical (unpaired) electrons. The van der Waals surface area contributed by atoms with E-state index in [-0.39, 0.29) is 0 Å². The van der Waals surface area contributed by atoms with Crippen LogP contribution in [0.2, 0.25) is 0 Å². The summed E-state index contributed by atoms with van der Waals surface area (Å²) in [5, 5.41) is 0. The van der Waals surface area contributed by atoms with Crippen LogP contribution >= 0.6 is 0 Å². The van der Waals surface area contributed by atoms with E-state index in [9.17, 15) is 22.8 Å². The number of alkyl halides is 3. The zero-order valence-corrected chi connectivity index (χ0v) is 12.1. The smallest absolute Gasteiger partial charge is 0.407 e. The van der Waals surface area contributed by atoms with Crippen LogP contribution in [0, 0.1) is 5.41 Å². The minimum atomic E-state index is -4.80. The second-order valence-corrected chi connectivity index (χ2v) is 6.22. The van der Waals surface area contributed by atoms with Crippen molar-refractivity contribution in [3.63, 3.8) is 0 Å². The molecule has 3 aliphatic rings. The minimum Gasteiger partial charge on any atom is -0.460 e. The Kier molecular flexibility index (Phi) is 3.43. The fourth-order valence-corrected chi connectivity index (χ4v) is 3.61. The van der Waals surface area contributed by atoms with Crippen LogP contribution in [0.5, 0.6) is 0 Å². The van der Waals surface area contributed by atoms with Crippen molar-refractivity contribution in [1.82, 2.24) is 0 Å². The average molecular weight is 322 g/mol. The van der Waals surface area contributed by atoms with Crippen molar-refractivity contribution in [3.05, 3.63) is 0 Å². The number of ether oxygens (including phenoxy) is 3. The fourth-order valence-electron chi connectivity index (χ4n) is 3.61. The molecular weight excluding hydrogens is 305 g/mol. The first-order valence-corrected chi connectivity index (χ1v) is 7.35. The zero-order valence-electron chi connectivity index (χ0n) is 12.1. The third kappa shape index (κ3) is 2.11. The second kappa shape index (κ2) is 4.84. The van der Waals surface area contributed by atoms with Gasteiger partial charge >= 0.3 is 18.1 Å². The van der Waals surface area contributed by atoms with E-state index in [1.807, 2.05) is 0 Å². The molecule has 3 fully saturated rings. The molecule has 3 rings (SSSR count). The summed E-state index contributed by atoms with van der Waals surface area (Å²) in [5.74, 6) is -3.30. The molecule has 2 saturated carbocycles. The first-order chi connectivity index (χ1) is 10.2. The summed E-state index contributed by atoms with van der Waals surface area (Å²) in [7, 11) is 0. The van der Waals surface area contributed by atoms with Crippen LogP contribution in [0.1, 0.15) is 45.4 Å². The van der Waals surface area contributed by atoms with E-state index in [2.05, 4.69) is 0 Å². The molecule has 2 aliphatic carbocycles. The van der Waals surface area contributed by atoms with Crippen LogP contribution in [0.25, 0.3) is 0 Å². The molecule has 0 aromatic carbocycles. The molecule has 0 aromatic rings. The van der Waals surface area contributed by atoms with Gasteiger partial charge in [0, 0.05) is 26.2 Å². The number of fused-ring (bicyclic) bond motifs is 1. The number of hydrogen-bond acceptors (Lipinski definition) is 5. The van der Waals surface area contributed by atoms with Crippen LogP contribution in [-0.4, -0.2) is 36.1 Å². The summed E-state index contributed by atoms with van der Waals surface area (Å²) < 4.78 is 55.9. The van der Waals surface area contributed by atoms with Crippen molar-refractivity contribution >= 4 is 11.9 Å². The van der Waals surface area contributed by atoms with Gasteiger partial charge in [-0.1, -0.05) is 6.42 Å². The lowest BCUT2D eigenvalue weighted by Crippen LogP contribution is -2.75. The molecule has 5 nitrogen and oxygen atoms in total. The Balaban J connectivity index is 1.90. The summed E-state index contributed by atoms with van der Waals surface area (Å²) in [5.41, 5.74) is -2.71. The lowest BCUT2D eigenvalue weighted by atomic mass is 9.62. The van der Waals surface area contributed by atoms with Gasteiger partial charge in [0.1, 0.15) is 12.2 Å². The van der Waals surface area contributed by atoms with E-state index < -0.39 is 47.9 Å². The van der Waals surface area contributed by atoms with Crippen LogP contribution in [0.15, 0.2) is 0 Å². The maximum absolute atomic E-state index is 13.4. The Morgan fingerprint density at radius 2 is 1.91 bits per heavy atom. The highest BCUT2D eigenvalue weighted by Crippen LogP contribution is 2.61. The molecule has 1 heterocycles. The minimum absolute atomic E-state index is 0.371. The van der Waals surface area contributed by atoms with Crippen molar-refractivity contribution in [2.24, 2.45) is 5.41 Å². The normalized spacial score (nSPS) is 37.0. The molecule has 0 amide bonds. The Morgan fingerprint density at radius 3 is 2.45 bits per heavy atom. The van der Waals surface area contributed by atoms with E-state index in [1.165, 1.54) is 0 Å². The Labute approximate surface area is 125 Å². The van der Waals surface area contributed by atoms with Gasteiger partial charge in [-0.25, -0.2) is 0 Å². The van der Waals surface area contributed by atoms with E-state index >= 15 is 0 Å².